The highest BCUT2D eigenvalue weighted by Crippen LogP contribution is 2.33. The van der Waals surface area contributed by atoms with Gasteiger partial charge in [0.2, 0.25) is 0 Å². The Morgan fingerprint density at radius 1 is 0.667 bits per heavy atom. The van der Waals surface area contributed by atoms with Gasteiger partial charge < -0.3 is 10.2 Å². The molecule has 18 heavy (non-hydrogen) atoms. The van der Waals surface area contributed by atoms with Gasteiger partial charge in [0.15, 0.2) is 0 Å². The molecule has 0 bridgehead atoms. The first-order valence-corrected chi connectivity index (χ1v) is 6.19. The van der Waals surface area contributed by atoms with E-state index in [0.717, 1.165) is 21.9 Å². The number of hydrogen-bond acceptors (Lipinski definition) is 2. The molecule has 2 nitrogen and oxygen atoms in total. The van der Waals surface area contributed by atoms with E-state index in [4.69, 9.17) is 0 Å². The van der Waals surface area contributed by atoms with E-state index in [2.05, 4.69) is 0 Å². The fourth-order valence-electron chi connectivity index (χ4n) is 2.38. The summed E-state index contributed by atoms with van der Waals surface area (Å²) in [5.74, 6) is 0. The van der Waals surface area contributed by atoms with Crippen molar-refractivity contribution in [1.29, 1.82) is 0 Å². The van der Waals surface area contributed by atoms with Gasteiger partial charge in [-0.2, -0.15) is 0 Å². The van der Waals surface area contributed by atoms with Crippen LogP contribution < -0.4 is 0 Å². The molecule has 0 spiro atoms. The summed E-state index contributed by atoms with van der Waals surface area (Å²) in [6.07, 6.45) is 0. The molecule has 0 amide bonds. The monoisotopic (exact) mass is 244 g/mol. The van der Waals surface area contributed by atoms with Gasteiger partial charge in [-0.25, -0.2) is 0 Å². The average Bonchev–Trinajstić information content (AvgIpc) is 2.24. The average molecular weight is 244 g/mol. The molecule has 0 aromatic heterocycles. The van der Waals surface area contributed by atoms with Gasteiger partial charge in [0.05, 0.1) is 11.2 Å². The maximum atomic E-state index is 10.2. The van der Waals surface area contributed by atoms with Gasteiger partial charge >= 0.3 is 0 Å². The van der Waals surface area contributed by atoms with Gasteiger partial charge in [-0.3, -0.25) is 0 Å². The quantitative estimate of drug-likeness (QED) is 0.851. The van der Waals surface area contributed by atoms with Crippen molar-refractivity contribution < 1.29 is 10.2 Å². The van der Waals surface area contributed by atoms with Crippen LogP contribution in [0.2, 0.25) is 0 Å². The van der Waals surface area contributed by atoms with Crippen molar-refractivity contribution in [3.05, 3.63) is 47.5 Å². The van der Waals surface area contributed by atoms with Gasteiger partial charge in [-0.1, -0.05) is 36.4 Å². The predicted molar refractivity (Wildman–Crippen MR) is 74.4 cm³/mol. The van der Waals surface area contributed by atoms with E-state index in [1.54, 1.807) is 27.7 Å². The topological polar surface area (TPSA) is 40.5 Å². The zero-order valence-electron chi connectivity index (χ0n) is 11.4. The van der Waals surface area contributed by atoms with E-state index in [1.165, 1.54) is 0 Å². The first-order chi connectivity index (χ1) is 8.21. The molecule has 96 valence electrons. The first kappa shape index (κ1) is 13.1. The Morgan fingerprint density at radius 3 is 1.28 bits per heavy atom. The van der Waals surface area contributed by atoms with Crippen molar-refractivity contribution in [3.8, 4) is 0 Å². The number of benzene rings is 2. The van der Waals surface area contributed by atoms with Crippen LogP contribution in [0.4, 0.5) is 0 Å². The van der Waals surface area contributed by atoms with E-state index < -0.39 is 11.2 Å². The van der Waals surface area contributed by atoms with Gasteiger partial charge in [-0.05, 0) is 49.6 Å². The number of hydrogen-bond donors (Lipinski definition) is 2. The molecule has 2 heteroatoms. The summed E-state index contributed by atoms with van der Waals surface area (Å²) in [5, 5.41) is 22.4. The molecule has 2 rings (SSSR count). The van der Waals surface area contributed by atoms with Gasteiger partial charge in [0.25, 0.3) is 0 Å². The molecule has 0 unspecified atom stereocenters. The van der Waals surface area contributed by atoms with Crippen LogP contribution in [0.3, 0.4) is 0 Å². The number of aliphatic hydroxyl groups is 2. The largest absolute Gasteiger partial charge is 0.386 e. The van der Waals surface area contributed by atoms with Gasteiger partial charge in [-0.15, -0.1) is 0 Å². The SMILES string of the molecule is CC(C)(O)c1cccc2c(C(C)(C)O)cccc12. The third-order valence-corrected chi connectivity index (χ3v) is 3.24. The molecule has 0 heterocycles. The number of fused-ring (bicyclic) bond motifs is 1. The molecule has 2 aromatic carbocycles. The third-order valence-electron chi connectivity index (χ3n) is 3.24. The van der Waals surface area contributed by atoms with E-state index in [9.17, 15) is 10.2 Å². The zero-order chi connectivity index (χ0) is 13.6. The molecular formula is C16H20O2. The van der Waals surface area contributed by atoms with Crippen LogP contribution in [0.1, 0.15) is 38.8 Å². The smallest absolute Gasteiger partial charge is 0.0846 e. The summed E-state index contributed by atoms with van der Waals surface area (Å²) < 4.78 is 0. The summed E-state index contributed by atoms with van der Waals surface area (Å²) in [7, 11) is 0. The molecule has 0 saturated carbocycles. The van der Waals surface area contributed by atoms with Crippen LogP contribution in [-0.4, -0.2) is 10.2 Å². The zero-order valence-corrected chi connectivity index (χ0v) is 11.4. The highest BCUT2D eigenvalue weighted by atomic mass is 16.3. The Morgan fingerprint density at radius 2 is 1.00 bits per heavy atom. The van der Waals surface area contributed by atoms with Crippen LogP contribution in [0.15, 0.2) is 36.4 Å². The fraction of sp³-hybridized carbons (Fsp3) is 0.375. The maximum absolute atomic E-state index is 10.2. The molecule has 0 radical (unpaired) electrons. The Labute approximate surface area is 108 Å². The Kier molecular flexibility index (Phi) is 2.96. The molecule has 0 aliphatic heterocycles. The first-order valence-electron chi connectivity index (χ1n) is 6.19. The van der Waals surface area contributed by atoms with Crippen LogP contribution in [0, 0.1) is 0 Å². The fourth-order valence-corrected chi connectivity index (χ4v) is 2.38. The molecule has 2 N–H and O–H groups in total. The predicted octanol–water partition coefficient (Wildman–Crippen LogP) is 3.29. The minimum absolute atomic E-state index is 0.881. The highest BCUT2D eigenvalue weighted by Gasteiger charge is 2.23. The second kappa shape index (κ2) is 4.08. The van der Waals surface area contributed by atoms with Crippen molar-refractivity contribution >= 4 is 10.8 Å². The third kappa shape index (κ3) is 2.26. The van der Waals surface area contributed by atoms with Crippen molar-refractivity contribution in [1.82, 2.24) is 0 Å². The molecule has 0 aliphatic rings. The standard InChI is InChI=1S/C16H20O2/c1-15(2,17)13-9-5-8-12-11(13)7-6-10-14(12)16(3,4)18/h5-10,17-18H,1-4H3. The van der Waals surface area contributed by atoms with E-state index >= 15 is 0 Å². The lowest BCUT2D eigenvalue weighted by Gasteiger charge is -2.24. The second-order valence-corrected chi connectivity index (χ2v) is 5.82. The lowest BCUT2D eigenvalue weighted by atomic mass is 9.87. The van der Waals surface area contributed by atoms with E-state index in [0.29, 0.717) is 0 Å². The number of rotatable bonds is 2. The summed E-state index contributed by atoms with van der Waals surface area (Å²) in [4.78, 5) is 0. The highest BCUT2D eigenvalue weighted by molar-refractivity contribution is 5.89. The van der Waals surface area contributed by atoms with E-state index in [1.807, 2.05) is 36.4 Å². The minimum Gasteiger partial charge on any atom is -0.386 e. The lowest BCUT2D eigenvalue weighted by Crippen LogP contribution is -2.18. The maximum Gasteiger partial charge on any atom is 0.0846 e. The lowest BCUT2D eigenvalue weighted by molar-refractivity contribution is 0.0783. The summed E-state index contributed by atoms with van der Waals surface area (Å²) in [6.45, 7) is 7.11. The van der Waals surface area contributed by atoms with Crippen molar-refractivity contribution in [2.45, 2.75) is 38.9 Å². The summed E-state index contributed by atoms with van der Waals surface area (Å²) >= 11 is 0. The summed E-state index contributed by atoms with van der Waals surface area (Å²) in [6, 6.07) is 11.7. The Balaban J connectivity index is 2.82. The normalized spacial score (nSPS) is 13.0. The summed E-state index contributed by atoms with van der Waals surface area (Å²) in [5.41, 5.74) is -0.0210. The van der Waals surface area contributed by atoms with Crippen molar-refractivity contribution in [2.24, 2.45) is 0 Å². The minimum atomic E-state index is -0.891. The van der Waals surface area contributed by atoms with E-state index in [-0.39, 0.29) is 0 Å². The Bertz CT molecular complexity index is 518. The van der Waals surface area contributed by atoms with Gasteiger partial charge in [0.1, 0.15) is 0 Å². The molecular weight excluding hydrogens is 224 g/mol. The molecule has 0 aliphatic carbocycles. The van der Waals surface area contributed by atoms with Crippen LogP contribution in [-0.2, 0) is 11.2 Å². The van der Waals surface area contributed by atoms with Crippen LogP contribution in [0.25, 0.3) is 10.8 Å². The molecule has 0 fully saturated rings. The molecule has 0 atom stereocenters. The van der Waals surface area contributed by atoms with Crippen molar-refractivity contribution in [2.75, 3.05) is 0 Å². The van der Waals surface area contributed by atoms with Crippen LogP contribution in [0.5, 0.6) is 0 Å². The van der Waals surface area contributed by atoms with Crippen LogP contribution >= 0.6 is 0 Å². The van der Waals surface area contributed by atoms with Gasteiger partial charge in [0, 0.05) is 0 Å². The molecule has 0 saturated heterocycles. The molecule has 2 aromatic rings. The van der Waals surface area contributed by atoms with Crippen molar-refractivity contribution in [3.63, 3.8) is 0 Å². The Hall–Kier alpha value is -1.38. The second-order valence-electron chi connectivity index (χ2n) is 5.82.